The summed E-state index contributed by atoms with van der Waals surface area (Å²) in [5.41, 5.74) is 0.704. The summed E-state index contributed by atoms with van der Waals surface area (Å²) in [7, 11) is 0. The van der Waals surface area contributed by atoms with E-state index in [4.69, 9.17) is 5.73 Å². The summed E-state index contributed by atoms with van der Waals surface area (Å²) in [5.74, 6) is -3.31. The minimum atomic E-state index is -4.77. The van der Waals surface area contributed by atoms with Crippen LogP contribution in [0.25, 0.3) is 11.4 Å². The maximum Gasteiger partial charge on any atom is 0.416 e. The van der Waals surface area contributed by atoms with E-state index >= 15 is 0 Å². The number of hydrogen-bond acceptors (Lipinski definition) is 10. The Kier molecular flexibility index (Phi) is 17.8. The smallest absolute Gasteiger partial charge is 0.416 e. The first-order chi connectivity index (χ1) is 35.0. The van der Waals surface area contributed by atoms with Gasteiger partial charge in [-0.15, -0.1) is 0 Å². The van der Waals surface area contributed by atoms with Crippen molar-refractivity contribution in [2.24, 2.45) is 0 Å². The molecule has 6 aromatic rings. The number of benzene rings is 4. The molecule has 6 rings (SSSR count). The Hall–Kier alpha value is -7.85. The van der Waals surface area contributed by atoms with Crippen LogP contribution >= 0.6 is 0 Å². The molecule has 0 aliphatic rings. The molecule has 0 aliphatic heterocycles. The lowest BCUT2D eigenvalue weighted by molar-refractivity contribution is -0.138. The molecule has 0 bridgehead atoms. The standard InChI is InChI=1S/C50H44F6N8O8S2/c1-29-41(73(71)37-15-11-31(28-57)12-16-37)25-39(47(69)63(29)35-9-3-7-32(23-35)49(51,52)53)45(67)61-21-5-19-59-43(65)27-44(66)60-20-6-22-62-46(68)40-26-42(74(72)38-17-13-34(58)14-18-38)30(2)64(48(40)70)36-10-4-8-33(24-36)50(54,55)56/h3-4,7-18,23-26H,5-6,19-22,27,58H2,1-2H3,(H,59,65)(H,60,66)(H,61,67)(H,62,68). The van der Waals surface area contributed by atoms with E-state index in [1.807, 2.05) is 6.07 Å². The highest BCUT2D eigenvalue weighted by Gasteiger charge is 2.34. The lowest BCUT2D eigenvalue weighted by Crippen LogP contribution is -2.37. The van der Waals surface area contributed by atoms with Crippen molar-refractivity contribution in [2.75, 3.05) is 31.9 Å². The van der Waals surface area contributed by atoms with Gasteiger partial charge in [0.2, 0.25) is 11.8 Å². The van der Waals surface area contributed by atoms with Crippen LogP contribution in [0.3, 0.4) is 0 Å². The number of rotatable bonds is 18. The number of nitrogens with one attached hydrogen (secondary N) is 4. The van der Waals surface area contributed by atoms with Gasteiger partial charge in [-0.1, -0.05) is 12.1 Å². The fraction of sp³-hybridized carbons (Fsp3) is 0.220. The van der Waals surface area contributed by atoms with Crippen LogP contribution in [0.1, 0.15) is 68.1 Å². The lowest BCUT2D eigenvalue weighted by atomic mass is 10.1. The molecule has 2 aromatic heterocycles. The Bertz CT molecular complexity index is 3250. The summed E-state index contributed by atoms with van der Waals surface area (Å²) in [4.78, 5) is 79.8. The number of carbonyl (C=O) groups is 4. The van der Waals surface area contributed by atoms with E-state index in [9.17, 15) is 69.5 Å². The van der Waals surface area contributed by atoms with Crippen molar-refractivity contribution in [3.8, 4) is 17.4 Å². The molecule has 2 heterocycles. The number of nitrogens with two attached hydrogens (primary N) is 1. The van der Waals surface area contributed by atoms with E-state index in [0.29, 0.717) is 11.8 Å². The number of nitrogens with zero attached hydrogens (tertiary/aromatic N) is 3. The van der Waals surface area contributed by atoms with Crippen LogP contribution < -0.4 is 38.1 Å². The highest BCUT2D eigenvalue weighted by molar-refractivity contribution is 7.91. The number of aromatic nitrogens is 2. The molecule has 74 heavy (non-hydrogen) atoms. The molecule has 16 nitrogen and oxygen atoms in total. The van der Waals surface area contributed by atoms with Gasteiger partial charge in [0.1, 0.15) is 17.5 Å². The maximum atomic E-state index is 13.8. The van der Waals surface area contributed by atoms with Crippen molar-refractivity contribution < 1.29 is 54.6 Å². The van der Waals surface area contributed by atoms with Gasteiger partial charge in [-0.2, -0.15) is 31.6 Å². The molecule has 2 unspecified atom stereocenters. The van der Waals surface area contributed by atoms with Crippen molar-refractivity contribution in [1.82, 2.24) is 30.4 Å². The first-order valence-electron chi connectivity index (χ1n) is 22.2. The van der Waals surface area contributed by atoms with E-state index in [2.05, 4.69) is 21.3 Å². The average molecular weight is 1060 g/mol. The number of nitriles is 1. The summed E-state index contributed by atoms with van der Waals surface area (Å²) in [6.07, 6.45) is -9.98. The van der Waals surface area contributed by atoms with Crippen LogP contribution in [-0.4, -0.2) is 68.0 Å². The first-order valence-corrected chi connectivity index (χ1v) is 24.5. The second-order valence-corrected chi connectivity index (χ2v) is 19.1. The largest absolute Gasteiger partial charge is 0.606 e. The van der Waals surface area contributed by atoms with Gasteiger partial charge in [0.15, 0.2) is 19.6 Å². The minimum Gasteiger partial charge on any atom is -0.606 e. The van der Waals surface area contributed by atoms with Gasteiger partial charge in [0.25, 0.3) is 22.9 Å². The molecule has 4 amide bonds. The lowest BCUT2D eigenvalue weighted by Gasteiger charge is -2.19. The van der Waals surface area contributed by atoms with Crippen molar-refractivity contribution in [3.05, 3.63) is 169 Å². The molecule has 4 aromatic carbocycles. The zero-order valence-electron chi connectivity index (χ0n) is 39.1. The van der Waals surface area contributed by atoms with Crippen LogP contribution in [-0.2, 0) is 44.3 Å². The summed E-state index contributed by atoms with van der Waals surface area (Å²) < 4.78 is 111. The Morgan fingerprint density at radius 2 is 0.973 bits per heavy atom. The molecular formula is C50H44F6N8O8S2. The molecule has 24 heteroatoms. The quantitative estimate of drug-likeness (QED) is 0.0221. The molecular weight excluding hydrogens is 1020 g/mol. The predicted molar refractivity (Wildman–Crippen MR) is 259 cm³/mol. The van der Waals surface area contributed by atoms with Gasteiger partial charge >= 0.3 is 12.4 Å². The van der Waals surface area contributed by atoms with Gasteiger partial charge in [-0.3, -0.25) is 37.9 Å². The van der Waals surface area contributed by atoms with Crippen molar-refractivity contribution in [3.63, 3.8) is 0 Å². The molecule has 6 N–H and O–H groups in total. The Labute approximate surface area is 423 Å². The number of pyridine rings is 2. The van der Waals surface area contributed by atoms with Crippen molar-refractivity contribution in [1.29, 1.82) is 5.26 Å². The van der Waals surface area contributed by atoms with Crippen molar-refractivity contribution >= 4 is 51.7 Å². The fourth-order valence-electron chi connectivity index (χ4n) is 7.32. The second kappa shape index (κ2) is 23.8. The molecule has 386 valence electrons. The molecule has 0 fully saturated rings. The van der Waals surface area contributed by atoms with Crippen LogP contribution in [0, 0.1) is 25.2 Å². The minimum absolute atomic E-state index is 0.0134. The zero-order chi connectivity index (χ0) is 54.1. The molecule has 0 saturated heterocycles. The third-order valence-corrected chi connectivity index (χ3v) is 14.1. The molecule has 2 atom stereocenters. The van der Waals surface area contributed by atoms with Gasteiger partial charge in [-0.25, -0.2) is 0 Å². The summed E-state index contributed by atoms with van der Waals surface area (Å²) in [5, 5.41) is 19.2. The monoisotopic (exact) mass is 1060 g/mol. The van der Waals surface area contributed by atoms with E-state index in [1.54, 1.807) is 0 Å². The van der Waals surface area contributed by atoms with Crippen LogP contribution in [0.15, 0.2) is 138 Å². The first kappa shape index (κ1) is 55.5. The molecule has 0 aliphatic carbocycles. The van der Waals surface area contributed by atoms with Gasteiger partial charge in [0.05, 0.1) is 34.1 Å². The molecule has 0 radical (unpaired) electrons. The van der Waals surface area contributed by atoms with E-state index in [0.717, 1.165) is 51.6 Å². The van der Waals surface area contributed by atoms with E-state index < -0.39 is 98.1 Å². The van der Waals surface area contributed by atoms with Crippen LogP contribution in [0.4, 0.5) is 32.0 Å². The normalized spacial score (nSPS) is 12.3. The molecule has 0 saturated carbocycles. The topological polar surface area (TPSA) is 256 Å². The number of amides is 4. The van der Waals surface area contributed by atoms with E-state index in [1.165, 1.54) is 74.5 Å². The Morgan fingerprint density at radius 1 is 0.595 bits per heavy atom. The number of halogens is 6. The van der Waals surface area contributed by atoms with Crippen LogP contribution in [0.2, 0.25) is 0 Å². The summed E-state index contributed by atoms with van der Waals surface area (Å²) >= 11 is -4.10. The number of nitrogen functional groups attached to an aromatic ring is 1. The maximum absolute atomic E-state index is 13.8. The average Bonchev–Trinajstić information content (AvgIpc) is 3.35. The van der Waals surface area contributed by atoms with Gasteiger partial charge < -0.3 is 36.1 Å². The third kappa shape index (κ3) is 13.4. The number of anilines is 1. The highest BCUT2D eigenvalue weighted by atomic mass is 32.2. The third-order valence-electron chi connectivity index (χ3n) is 11.1. The number of carbonyl (C=O) groups excluding carboxylic acids is 4. The Morgan fingerprint density at radius 3 is 1.35 bits per heavy atom. The SMILES string of the molecule is Cc1c([S+]([O-])c2ccc(N)cc2)cc(C(=O)NCCCNC(=O)CC(=O)NCCCNC(=O)c2cc([S+]([O-])c3ccc(C#N)cc3)c(C)n(-c3cccc(C(F)(F)F)c3)c2=O)c(=O)n1-c1cccc(C(F)(F)F)c1. The highest BCUT2D eigenvalue weighted by Crippen LogP contribution is 2.33. The van der Waals surface area contributed by atoms with Gasteiger partial charge in [-0.05, 0) is 112 Å². The number of alkyl halides is 6. The zero-order valence-corrected chi connectivity index (χ0v) is 40.7. The summed E-state index contributed by atoms with van der Waals surface area (Å²) in [6.45, 7) is 2.38. The van der Waals surface area contributed by atoms with Crippen LogP contribution in [0.5, 0.6) is 0 Å². The predicted octanol–water partition coefficient (Wildman–Crippen LogP) is 5.99. The summed E-state index contributed by atoms with van der Waals surface area (Å²) in [6, 6.07) is 23.3. The Balaban J connectivity index is 1.02. The fourth-order valence-corrected chi connectivity index (χ4v) is 9.76. The second-order valence-electron chi connectivity index (χ2n) is 16.2. The van der Waals surface area contributed by atoms with E-state index in [-0.39, 0.29) is 86.9 Å². The van der Waals surface area contributed by atoms with Gasteiger partial charge in [0, 0.05) is 77.7 Å². The number of hydrogen-bond donors (Lipinski definition) is 5. The molecule has 0 spiro atoms. The van der Waals surface area contributed by atoms with Crippen molar-refractivity contribution in [2.45, 2.75) is 65.0 Å².